The average Bonchev–Trinajstić information content (AvgIpc) is 2.86. The zero-order valence-corrected chi connectivity index (χ0v) is 20.7. The largest absolute Gasteiger partial charge is 0.461 e. The van der Waals surface area contributed by atoms with Crippen molar-refractivity contribution in [2.24, 2.45) is 17.8 Å². The highest BCUT2D eigenvalue weighted by Gasteiger charge is 2.44. The van der Waals surface area contributed by atoms with Crippen molar-refractivity contribution in [1.29, 1.82) is 0 Å². The number of hydrogen-bond acceptors (Lipinski definition) is 1. The van der Waals surface area contributed by atoms with Crippen LogP contribution in [-0.4, -0.2) is 12.5 Å². The fourth-order valence-electron chi connectivity index (χ4n) is 6.28. The number of rotatable bonds is 10. The molecular weight excluding hydrogens is 452 g/mol. The molecule has 1 nitrogen and oxygen atoms in total. The number of hydrogen-bond donors (Lipinski definition) is 0. The number of halogens is 4. The van der Waals surface area contributed by atoms with E-state index in [0.29, 0.717) is 5.92 Å². The summed E-state index contributed by atoms with van der Waals surface area (Å²) in [6.07, 6.45) is 6.67. The molecule has 0 heterocycles. The summed E-state index contributed by atoms with van der Waals surface area (Å²) < 4.78 is 55.0. The summed E-state index contributed by atoms with van der Waals surface area (Å²) >= 11 is 0. The van der Waals surface area contributed by atoms with Gasteiger partial charge < -0.3 is 4.74 Å². The van der Waals surface area contributed by atoms with Gasteiger partial charge in [-0.15, -0.1) is 0 Å². The molecule has 2 saturated carbocycles. The summed E-state index contributed by atoms with van der Waals surface area (Å²) in [5.74, 6) is 3.05. The molecule has 4 rings (SSSR count). The van der Waals surface area contributed by atoms with Crippen molar-refractivity contribution < 1.29 is 22.3 Å². The second-order valence-corrected chi connectivity index (χ2v) is 10.7. The normalized spacial score (nSPS) is 24.9. The topological polar surface area (TPSA) is 9.23 Å². The summed E-state index contributed by atoms with van der Waals surface area (Å²) in [5, 5.41) is 0. The van der Waals surface area contributed by atoms with Gasteiger partial charge in [0.15, 0.2) is 0 Å². The van der Waals surface area contributed by atoms with Gasteiger partial charge in [0.05, 0.1) is 0 Å². The van der Waals surface area contributed by atoms with Crippen LogP contribution in [-0.2, 0) is 0 Å². The third-order valence-corrected chi connectivity index (χ3v) is 8.27. The van der Waals surface area contributed by atoms with E-state index in [9.17, 15) is 17.6 Å². The van der Waals surface area contributed by atoms with E-state index in [2.05, 4.69) is 35.9 Å². The smallest absolute Gasteiger partial charge is 0.428 e. The van der Waals surface area contributed by atoms with E-state index >= 15 is 0 Å². The molecule has 192 valence electrons. The van der Waals surface area contributed by atoms with E-state index in [1.807, 2.05) is 0 Å². The van der Waals surface area contributed by atoms with E-state index in [1.165, 1.54) is 88.3 Å². The number of ether oxygens (including phenoxy) is 1. The first kappa shape index (κ1) is 26.0. The van der Waals surface area contributed by atoms with Crippen LogP contribution in [0, 0.1) is 17.8 Å². The maximum absolute atomic E-state index is 13.1. The van der Waals surface area contributed by atoms with E-state index in [0.717, 1.165) is 28.9 Å². The molecule has 0 bridgehead atoms. The number of fused-ring (bicyclic) bond motifs is 1. The molecule has 1 unspecified atom stereocenters. The lowest BCUT2D eigenvalue weighted by Gasteiger charge is -2.42. The predicted octanol–water partition coefficient (Wildman–Crippen LogP) is 9.86. The Balaban J connectivity index is 1.30. The minimum Gasteiger partial charge on any atom is -0.428 e. The molecule has 0 spiro atoms. The van der Waals surface area contributed by atoms with Gasteiger partial charge in [-0.25, -0.2) is 0 Å². The molecule has 5 heteroatoms. The van der Waals surface area contributed by atoms with Crippen molar-refractivity contribution >= 4 is 0 Å². The van der Waals surface area contributed by atoms with Crippen molar-refractivity contribution in [3.05, 3.63) is 54.1 Å². The first-order valence-corrected chi connectivity index (χ1v) is 13.4. The van der Waals surface area contributed by atoms with Crippen molar-refractivity contribution in [3.8, 4) is 16.9 Å². The van der Waals surface area contributed by atoms with Gasteiger partial charge in [0.25, 0.3) is 0 Å². The maximum Gasteiger partial charge on any atom is 0.461 e. The van der Waals surface area contributed by atoms with Crippen LogP contribution in [0.15, 0.2) is 48.5 Å². The quantitative estimate of drug-likeness (QED) is 0.238. The zero-order chi connectivity index (χ0) is 24.8. The molecule has 0 aromatic heterocycles. The first-order chi connectivity index (χ1) is 16.9. The van der Waals surface area contributed by atoms with Crippen LogP contribution in [0.5, 0.6) is 5.75 Å². The average molecular weight is 491 g/mol. The Morgan fingerprint density at radius 1 is 0.800 bits per heavy atom. The predicted molar refractivity (Wildman–Crippen MR) is 133 cm³/mol. The van der Waals surface area contributed by atoms with Gasteiger partial charge in [-0.2, -0.15) is 17.6 Å². The second kappa shape index (κ2) is 11.8. The molecule has 0 N–H and O–H groups in total. The molecule has 0 radical (unpaired) electrons. The highest BCUT2D eigenvalue weighted by molar-refractivity contribution is 5.64. The minimum atomic E-state index is -4.49. The summed E-state index contributed by atoms with van der Waals surface area (Å²) in [6.45, 7) is 2.28. The Labute approximate surface area is 207 Å². The van der Waals surface area contributed by atoms with Crippen LogP contribution >= 0.6 is 0 Å². The molecule has 4 atom stereocenters. The van der Waals surface area contributed by atoms with Crippen LogP contribution in [0.4, 0.5) is 17.6 Å². The van der Waals surface area contributed by atoms with Crippen molar-refractivity contribution in [3.63, 3.8) is 0 Å². The number of benzene rings is 2. The zero-order valence-electron chi connectivity index (χ0n) is 20.7. The highest BCUT2D eigenvalue weighted by atomic mass is 19.3. The van der Waals surface area contributed by atoms with Crippen LogP contribution in [0.3, 0.4) is 0 Å². The Bertz CT molecular complexity index is 909. The fourth-order valence-corrected chi connectivity index (χ4v) is 6.28. The third kappa shape index (κ3) is 6.80. The summed E-state index contributed by atoms with van der Waals surface area (Å²) in [4.78, 5) is 0. The molecule has 2 aromatic rings. The van der Waals surface area contributed by atoms with Crippen LogP contribution in [0.25, 0.3) is 11.1 Å². The molecule has 2 fully saturated rings. The van der Waals surface area contributed by atoms with Gasteiger partial charge in [-0.1, -0.05) is 81.8 Å². The van der Waals surface area contributed by atoms with Gasteiger partial charge in [0, 0.05) is 0 Å². The van der Waals surface area contributed by atoms with Gasteiger partial charge in [0.1, 0.15) is 5.75 Å². The van der Waals surface area contributed by atoms with Crippen LogP contribution in [0.2, 0.25) is 0 Å². The minimum absolute atomic E-state index is 0.275. The molecule has 0 amide bonds. The molecule has 2 aliphatic carbocycles. The maximum atomic E-state index is 13.1. The lowest BCUT2D eigenvalue weighted by molar-refractivity contribution is -0.253. The van der Waals surface area contributed by atoms with E-state index in [-0.39, 0.29) is 5.75 Å². The third-order valence-electron chi connectivity index (χ3n) is 8.27. The standard InChI is InChI=1S/C30H38F4O/c1-2-3-4-5-6-21-7-8-27-20-26(14-13-25(27)19-21)24-11-9-22(10-12-24)23-15-17-28(18-16-23)35-30(33,34)29(31)32/h9-12,15-18,21,25-27,29H,2-8,13-14,19-20H2,1H3/t21?,25-,26-,27-/m1/s1. The summed E-state index contributed by atoms with van der Waals surface area (Å²) in [7, 11) is 0. The summed E-state index contributed by atoms with van der Waals surface area (Å²) in [5.41, 5.74) is 3.19. The molecule has 35 heavy (non-hydrogen) atoms. The molecule has 0 saturated heterocycles. The molecular formula is C30H38F4O. The lowest BCUT2D eigenvalue weighted by atomic mass is 9.63. The SMILES string of the molecule is CCCCCCC1CC[C@@H]2C[C@H](c3ccc(-c4ccc(OC(F)(F)C(F)F)cc4)cc3)CC[C@@H]2C1. The Kier molecular flexibility index (Phi) is 8.77. The van der Waals surface area contributed by atoms with E-state index < -0.39 is 12.5 Å². The van der Waals surface area contributed by atoms with E-state index in [1.54, 1.807) is 12.1 Å². The molecule has 2 aliphatic rings. The summed E-state index contributed by atoms with van der Waals surface area (Å²) in [6, 6.07) is 14.4. The molecule has 2 aromatic carbocycles. The van der Waals surface area contributed by atoms with Crippen molar-refractivity contribution in [2.45, 2.75) is 96.0 Å². The van der Waals surface area contributed by atoms with Crippen molar-refractivity contribution in [1.82, 2.24) is 0 Å². The highest BCUT2D eigenvalue weighted by Crippen LogP contribution is 2.48. The van der Waals surface area contributed by atoms with Gasteiger partial charge in [0.2, 0.25) is 0 Å². The second-order valence-electron chi connectivity index (χ2n) is 10.7. The van der Waals surface area contributed by atoms with E-state index in [4.69, 9.17) is 0 Å². The van der Waals surface area contributed by atoms with Gasteiger partial charge >= 0.3 is 12.5 Å². The number of alkyl halides is 4. The Morgan fingerprint density at radius 2 is 1.43 bits per heavy atom. The van der Waals surface area contributed by atoms with Crippen LogP contribution in [0.1, 0.15) is 89.0 Å². The lowest BCUT2D eigenvalue weighted by Crippen LogP contribution is -2.33. The first-order valence-electron chi connectivity index (χ1n) is 13.4. The van der Waals surface area contributed by atoms with Crippen molar-refractivity contribution in [2.75, 3.05) is 0 Å². The number of unbranched alkanes of at least 4 members (excludes halogenated alkanes) is 3. The van der Waals surface area contributed by atoms with Gasteiger partial charge in [-0.05, 0) is 84.6 Å². The van der Waals surface area contributed by atoms with Crippen LogP contribution < -0.4 is 4.74 Å². The monoisotopic (exact) mass is 490 g/mol. The van der Waals surface area contributed by atoms with Gasteiger partial charge in [-0.3, -0.25) is 0 Å². The Morgan fingerprint density at radius 3 is 2.09 bits per heavy atom. The Hall–Kier alpha value is -2.04. The fraction of sp³-hybridized carbons (Fsp3) is 0.600. The molecule has 0 aliphatic heterocycles.